The van der Waals surface area contributed by atoms with Crippen molar-refractivity contribution in [2.75, 3.05) is 32.7 Å². The van der Waals surface area contributed by atoms with Crippen LogP contribution in [0.25, 0.3) is 0 Å². The molecule has 0 aromatic carbocycles. The van der Waals surface area contributed by atoms with Gasteiger partial charge in [0.05, 0.1) is 6.10 Å². The first-order chi connectivity index (χ1) is 5.68. The zero-order chi connectivity index (χ0) is 8.97. The Morgan fingerprint density at radius 2 is 2.42 bits per heavy atom. The molecule has 1 saturated heterocycles. The van der Waals surface area contributed by atoms with Crippen molar-refractivity contribution in [3.8, 4) is 0 Å². The minimum Gasteiger partial charge on any atom is -0.392 e. The largest absolute Gasteiger partial charge is 0.392 e. The molecule has 3 heteroatoms. The molecule has 0 amide bonds. The van der Waals surface area contributed by atoms with Crippen LogP contribution >= 0.6 is 0 Å². The van der Waals surface area contributed by atoms with E-state index in [1.807, 2.05) is 6.92 Å². The van der Waals surface area contributed by atoms with Gasteiger partial charge in [-0.25, -0.2) is 0 Å². The first-order valence-corrected chi connectivity index (χ1v) is 4.79. The Kier molecular flexibility index (Phi) is 3.98. The van der Waals surface area contributed by atoms with Gasteiger partial charge in [0.15, 0.2) is 0 Å². The summed E-state index contributed by atoms with van der Waals surface area (Å²) in [5.74, 6) is 0.700. The number of aliphatic hydroxyl groups is 1. The second-order valence-electron chi connectivity index (χ2n) is 3.92. The average molecular weight is 172 g/mol. The van der Waals surface area contributed by atoms with E-state index in [2.05, 4.69) is 17.1 Å². The molecule has 0 aromatic rings. The van der Waals surface area contributed by atoms with Crippen LogP contribution in [0.5, 0.6) is 0 Å². The molecule has 2 atom stereocenters. The predicted octanol–water partition coefficient (Wildman–Crippen LogP) is -0.0915. The summed E-state index contributed by atoms with van der Waals surface area (Å²) in [7, 11) is 0. The molecule has 1 aliphatic heterocycles. The van der Waals surface area contributed by atoms with Gasteiger partial charge in [-0.3, -0.25) is 4.90 Å². The third-order valence-electron chi connectivity index (χ3n) is 2.19. The molecule has 0 aromatic heterocycles. The second kappa shape index (κ2) is 4.80. The van der Waals surface area contributed by atoms with Crippen molar-refractivity contribution in [2.24, 2.45) is 5.92 Å². The number of nitrogens with one attached hydrogen (secondary N) is 1. The monoisotopic (exact) mass is 172 g/mol. The van der Waals surface area contributed by atoms with Crippen molar-refractivity contribution < 1.29 is 5.11 Å². The van der Waals surface area contributed by atoms with Crippen LogP contribution in [0.15, 0.2) is 0 Å². The van der Waals surface area contributed by atoms with Gasteiger partial charge in [0.2, 0.25) is 0 Å². The van der Waals surface area contributed by atoms with Crippen LogP contribution < -0.4 is 5.32 Å². The smallest absolute Gasteiger partial charge is 0.0639 e. The van der Waals surface area contributed by atoms with E-state index in [4.69, 9.17) is 0 Å². The van der Waals surface area contributed by atoms with Gasteiger partial charge in [-0.05, 0) is 19.4 Å². The molecule has 72 valence electrons. The SMILES string of the molecule is CC1CNCCN(C[C@@H](C)O)C1. The van der Waals surface area contributed by atoms with Crippen LogP contribution in [0.4, 0.5) is 0 Å². The van der Waals surface area contributed by atoms with Gasteiger partial charge < -0.3 is 10.4 Å². The predicted molar refractivity (Wildman–Crippen MR) is 50.2 cm³/mol. The fraction of sp³-hybridized carbons (Fsp3) is 1.00. The third-order valence-corrected chi connectivity index (χ3v) is 2.19. The number of β-amino-alcohol motifs (C(OH)–C–C–N with tert-alkyl or cyclic N) is 1. The molecule has 0 saturated carbocycles. The van der Waals surface area contributed by atoms with Crippen LogP contribution in [0.1, 0.15) is 13.8 Å². The van der Waals surface area contributed by atoms with Crippen molar-refractivity contribution >= 4 is 0 Å². The lowest BCUT2D eigenvalue weighted by atomic mass is 10.2. The lowest BCUT2D eigenvalue weighted by Crippen LogP contribution is -2.35. The lowest BCUT2D eigenvalue weighted by Gasteiger charge is -2.22. The van der Waals surface area contributed by atoms with Gasteiger partial charge in [0.1, 0.15) is 0 Å². The van der Waals surface area contributed by atoms with E-state index in [-0.39, 0.29) is 6.10 Å². The molecule has 1 heterocycles. The Bertz CT molecular complexity index is 128. The highest BCUT2D eigenvalue weighted by Gasteiger charge is 2.14. The Morgan fingerprint density at radius 1 is 1.67 bits per heavy atom. The fourth-order valence-electron chi connectivity index (χ4n) is 1.72. The Morgan fingerprint density at radius 3 is 3.08 bits per heavy atom. The van der Waals surface area contributed by atoms with E-state index in [0.717, 1.165) is 32.7 Å². The third kappa shape index (κ3) is 3.52. The normalized spacial score (nSPS) is 29.8. The summed E-state index contributed by atoms with van der Waals surface area (Å²) in [4.78, 5) is 2.33. The standard InChI is InChI=1S/C9H20N2O/c1-8-5-10-3-4-11(6-8)7-9(2)12/h8-10,12H,3-7H2,1-2H3/t8?,9-/m1/s1. The van der Waals surface area contributed by atoms with Gasteiger partial charge in [-0.15, -0.1) is 0 Å². The van der Waals surface area contributed by atoms with Gasteiger partial charge >= 0.3 is 0 Å². The molecule has 1 aliphatic rings. The lowest BCUT2D eigenvalue weighted by molar-refractivity contribution is 0.124. The van der Waals surface area contributed by atoms with Crippen molar-refractivity contribution in [1.29, 1.82) is 0 Å². The minimum absolute atomic E-state index is 0.199. The molecule has 0 bridgehead atoms. The highest BCUT2D eigenvalue weighted by Crippen LogP contribution is 2.02. The van der Waals surface area contributed by atoms with Crippen LogP contribution in [0.2, 0.25) is 0 Å². The van der Waals surface area contributed by atoms with E-state index in [9.17, 15) is 5.11 Å². The maximum Gasteiger partial charge on any atom is 0.0639 e. The summed E-state index contributed by atoms with van der Waals surface area (Å²) >= 11 is 0. The Balaban J connectivity index is 2.31. The highest BCUT2D eigenvalue weighted by molar-refractivity contribution is 4.71. The first-order valence-electron chi connectivity index (χ1n) is 4.79. The number of rotatable bonds is 2. The van der Waals surface area contributed by atoms with E-state index in [1.54, 1.807) is 0 Å². The maximum absolute atomic E-state index is 9.22. The molecule has 0 aliphatic carbocycles. The van der Waals surface area contributed by atoms with Crippen LogP contribution in [-0.2, 0) is 0 Å². The molecule has 0 radical (unpaired) electrons. The van der Waals surface area contributed by atoms with Gasteiger partial charge in [-0.1, -0.05) is 6.92 Å². The maximum atomic E-state index is 9.22. The van der Waals surface area contributed by atoms with Crippen LogP contribution in [-0.4, -0.2) is 48.8 Å². The molecule has 1 fully saturated rings. The number of hydrogen-bond acceptors (Lipinski definition) is 3. The molecule has 1 unspecified atom stereocenters. The summed E-state index contributed by atoms with van der Waals surface area (Å²) in [6, 6.07) is 0. The highest BCUT2D eigenvalue weighted by atomic mass is 16.3. The minimum atomic E-state index is -0.199. The van der Waals surface area contributed by atoms with Crippen molar-refractivity contribution in [3.63, 3.8) is 0 Å². The summed E-state index contributed by atoms with van der Waals surface area (Å²) < 4.78 is 0. The van der Waals surface area contributed by atoms with Crippen LogP contribution in [0.3, 0.4) is 0 Å². The van der Waals surface area contributed by atoms with Gasteiger partial charge in [-0.2, -0.15) is 0 Å². The molecule has 2 N–H and O–H groups in total. The zero-order valence-electron chi connectivity index (χ0n) is 8.08. The van der Waals surface area contributed by atoms with E-state index >= 15 is 0 Å². The van der Waals surface area contributed by atoms with Gasteiger partial charge in [0.25, 0.3) is 0 Å². The summed E-state index contributed by atoms with van der Waals surface area (Å²) in [5.41, 5.74) is 0. The van der Waals surface area contributed by atoms with Gasteiger partial charge in [0, 0.05) is 26.2 Å². The van der Waals surface area contributed by atoms with E-state index in [1.165, 1.54) is 0 Å². The quantitative estimate of drug-likeness (QED) is 0.611. The van der Waals surface area contributed by atoms with Crippen molar-refractivity contribution in [2.45, 2.75) is 20.0 Å². The molecule has 0 spiro atoms. The summed E-state index contributed by atoms with van der Waals surface area (Å²) in [6.45, 7) is 9.24. The van der Waals surface area contributed by atoms with Crippen LogP contribution in [0, 0.1) is 5.92 Å². The zero-order valence-corrected chi connectivity index (χ0v) is 8.08. The molecular weight excluding hydrogens is 152 g/mol. The number of aliphatic hydroxyl groups excluding tert-OH is 1. The summed E-state index contributed by atoms with van der Waals surface area (Å²) in [6.07, 6.45) is -0.199. The number of hydrogen-bond donors (Lipinski definition) is 2. The molecule has 1 rings (SSSR count). The average Bonchev–Trinajstić information content (AvgIpc) is 2.12. The summed E-state index contributed by atoms with van der Waals surface area (Å²) in [5, 5.41) is 12.6. The van der Waals surface area contributed by atoms with Crippen molar-refractivity contribution in [1.82, 2.24) is 10.2 Å². The first kappa shape index (κ1) is 9.96. The second-order valence-corrected chi connectivity index (χ2v) is 3.92. The Labute approximate surface area is 74.8 Å². The molecule has 3 nitrogen and oxygen atoms in total. The topological polar surface area (TPSA) is 35.5 Å². The number of nitrogens with zero attached hydrogens (tertiary/aromatic N) is 1. The van der Waals surface area contributed by atoms with E-state index < -0.39 is 0 Å². The molecule has 12 heavy (non-hydrogen) atoms. The van der Waals surface area contributed by atoms with Crippen molar-refractivity contribution in [3.05, 3.63) is 0 Å². The molecular formula is C9H20N2O. The Hall–Kier alpha value is -0.120. The van der Waals surface area contributed by atoms with E-state index in [0.29, 0.717) is 5.92 Å². The fourth-order valence-corrected chi connectivity index (χ4v) is 1.72.